The van der Waals surface area contributed by atoms with Crippen molar-refractivity contribution in [1.29, 1.82) is 0 Å². The van der Waals surface area contributed by atoms with Crippen molar-refractivity contribution in [3.05, 3.63) is 102 Å². The maximum atomic E-state index is 12.7. The van der Waals surface area contributed by atoms with Crippen LogP contribution in [0.4, 0.5) is 0 Å². The highest BCUT2D eigenvalue weighted by Gasteiger charge is 2.15. The van der Waals surface area contributed by atoms with Gasteiger partial charge in [0.05, 0.1) is 24.2 Å². The van der Waals surface area contributed by atoms with Gasteiger partial charge in [0.15, 0.2) is 9.84 Å². The minimum absolute atomic E-state index is 0.155. The van der Waals surface area contributed by atoms with E-state index in [4.69, 9.17) is 4.74 Å². The summed E-state index contributed by atoms with van der Waals surface area (Å²) in [5.74, 6) is 0.451. The second-order valence-corrected chi connectivity index (χ2v) is 10.3. The van der Waals surface area contributed by atoms with Crippen molar-refractivity contribution >= 4 is 15.7 Å². The van der Waals surface area contributed by atoms with Crippen LogP contribution in [0.3, 0.4) is 0 Å². The molecule has 0 aliphatic rings. The maximum absolute atomic E-state index is 12.7. The Bertz CT molecular complexity index is 1480. The zero-order chi connectivity index (χ0) is 25.0. The summed E-state index contributed by atoms with van der Waals surface area (Å²) in [5, 5.41) is 2.83. The second kappa shape index (κ2) is 10.1. The lowest BCUT2D eigenvalue weighted by molar-refractivity contribution is 0.0950. The Morgan fingerprint density at radius 2 is 1.57 bits per heavy atom. The third-order valence-electron chi connectivity index (χ3n) is 5.72. The van der Waals surface area contributed by atoms with Crippen molar-refractivity contribution in [1.82, 2.24) is 10.3 Å². The van der Waals surface area contributed by atoms with Crippen LogP contribution >= 0.6 is 0 Å². The lowest BCUT2D eigenvalue weighted by atomic mass is 9.99. The van der Waals surface area contributed by atoms with Gasteiger partial charge in [-0.15, -0.1) is 0 Å². The number of hydrogen-bond acceptors (Lipinski definition) is 5. The molecule has 0 saturated carbocycles. The van der Waals surface area contributed by atoms with Gasteiger partial charge < -0.3 is 10.1 Å². The number of carbonyl (C=O) groups excluding carboxylic acids is 1. The van der Waals surface area contributed by atoms with E-state index in [9.17, 15) is 13.2 Å². The Morgan fingerprint density at radius 3 is 2.26 bits per heavy atom. The summed E-state index contributed by atoms with van der Waals surface area (Å²) in [6.07, 6.45) is 2.85. The molecule has 1 aromatic heterocycles. The fourth-order valence-electron chi connectivity index (χ4n) is 3.83. The number of sulfone groups is 1. The van der Waals surface area contributed by atoms with Gasteiger partial charge in [-0.2, -0.15) is 0 Å². The number of hydrogen-bond donors (Lipinski definition) is 1. The first kappa shape index (κ1) is 24.2. The summed E-state index contributed by atoms with van der Waals surface area (Å²) in [6, 6.07) is 24.6. The van der Waals surface area contributed by atoms with Crippen molar-refractivity contribution < 1.29 is 17.9 Å². The van der Waals surface area contributed by atoms with E-state index in [0.717, 1.165) is 34.3 Å². The Balaban J connectivity index is 1.51. The number of pyridine rings is 1. The highest BCUT2D eigenvalue weighted by molar-refractivity contribution is 7.90. The average molecular weight is 487 g/mol. The number of rotatable bonds is 7. The summed E-state index contributed by atoms with van der Waals surface area (Å²) in [7, 11) is -1.77. The molecule has 0 atom stereocenters. The van der Waals surface area contributed by atoms with Crippen molar-refractivity contribution in [2.45, 2.75) is 18.4 Å². The second-order valence-electron chi connectivity index (χ2n) is 8.28. The number of aryl methyl sites for hydroxylation is 1. The van der Waals surface area contributed by atoms with Gasteiger partial charge in [-0.05, 0) is 77.2 Å². The molecule has 0 unspecified atom stereocenters. The normalized spacial score (nSPS) is 11.2. The summed E-state index contributed by atoms with van der Waals surface area (Å²) >= 11 is 0. The molecule has 0 bridgehead atoms. The predicted molar refractivity (Wildman–Crippen MR) is 137 cm³/mol. The molecule has 0 radical (unpaired) electrons. The van der Waals surface area contributed by atoms with Gasteiger partial charge in [-0.25, -0.2) is 8.42 Å². The van der Waals surface area contributed by atoms with Gasteiger partial charge in [0.25, 0.3) is 5.91 Å². The molecule has 35 heavy (non-hydrogen) atoms. The van der Waals surface area contributed by atoms with Crippen molar-refractivity contribution in [3.8, 4) is 28.0 Å². The lowest BCUT2D eigenvalue weighted by Crippen LogP contribution is -2.23. The Hall–Kier alpha value is -3.97. The average Bonchev–Trinajstić information content (AvgIpc) is 2.87. The number of aromatic nitrogens is 1. The predicted octanol–water partition coefficient (Wildman–Crippen LogP) is 5.07. The molecular formula is C28H26N2O4S. The highest BCUT2D eigenvalue weighted by Crippen LogP contribution is 2.28. The molecular weight excluding hydrogens is 460 g/mol. The standard InChI is InChI=1S/C28H26N2O4S/c1-19-7-8-24(17-27(19)35(3,32)33)28(31)30-18-25-16-23(13-14-29-25)22-6-4-5-21(15-22)20-9-11-26(34-2)12-10-20/h4-17H,18H2,1-3H3,(H,30,31). The first-order valence-electron chi connectivity index (χ1n) is 11.0. The molecule has 1 amide bonds. The van der Waals surface area contributed by atoms with Crippen LogP contribution in [0.15, 0.2) is 90.0 Å². The molecule has 3 aromatic carbocycles. The van der Waals surface area contributed by atoms with Crippen LogP contribution in [-0.2, 0) is 16.4 Å². The summed E-state index contributed by atoms with van der Waals surface area (Å²) in [4.78, 5) is 17.2. The van der Waals surface area contributed by atoms with Gasteiger partial charge in [0.1, 0.15) is 5.75 Å². The largest absolute Gasteiger partial charge is 0.497 e. The molecule has 7 heteroatoms. The third kappa shape index (κ3) is 5.75. The SMILES string of the molecule is COc1ccc(-c2cccc(-c3ccnc(CNC(=O)c4ccc(C)c(S(C)(=O)=O)c4)c3)c2)cc1. The van der Waals surface area contributed by atoms with Crippen molar-refractivity contribution in [3.63, 3.8) is 0 Å². The molecule has 1 heterocycles. The van der Waals surface area contributed by atoms with E-state index in [1.54, 1.807) is 32.4 Å². The smallest absolute Gasteiger partial charge is 0.251 e. The first-order chi connectivity index (χ1) is 16.7. The van der Waals surface area contributed by atoms with Crippen LogP contribution in [0.1, 0.15) is 21.6 Å². The lowest BCUT2D eigenvalue weighted by Gasteiger charge is -2.10. The number of nitrogens with one attached hydrogen (secondary N) is 1. The Kier molecular flexibility index (Phi) is 6.98. The number of methoxy groups -OCH3 is 1. The number of ether oxygens (including phenoxy) is 1. The quantitative estimate of drug-likeness (QED) is 0.394. The fraction of sp³-hybridized carbons (Fsp3) is 0.143. The molecule has 178 valence electrons. The van der Waals surface area contributed by atoms with E-state index in [2.05, 4.69) is 22.4 Å². The molecule has 4 aromatic rings. The Labute approximate surface area is 205 Å². The van der Waals surface area contributed by atoms with Crippen LogP contribution in [0.5, 0.6) is 5.75 Å². The van der Waals surface area contributed by atoms with E-state index >= 15 is 0 Å². The zero-order valence-corrected chi connectivity index (χ0v) is 20.6. The molecule has 6 nitrogen and oxygen atoms in total. The summed E-state index contributed by atoms with van der Waals surface area (Å²) in [6.45, 7) is 1.92. The van der Waals surface area contributed by atoms with Crippen LogP contribution < -0.4 is 10.1 Å². The van der Waals surface area contributed by atoms with E-state index in [1.807, 2.05) is 48.5 Å². The monoisotopic (exact) mass is 486 g/mol. The number of amides is 1. The zero-order valence-electron chi connectivity index (χ0n) is 19.8. The van der Waals surface area contributed by atoms with Crippen molar-refractivity contribution in [2.24, 2.45) is 0 Å². The maximum Gasteiger partial charge on any atom is 0.251 e. The van der Waals surface area contributed by atoms with Gasteiger partial charge >= 0.3 is 0 Å². The number of nitrogens with zero attached hydrogens (tertiary/aromatic N) is 1. The van der Waals surface area contributed by atoms with Crippen molar-refractivity contribution in [2.75, 3.05) is 13.4 Å². The molecule has 0 aliphatic heterocycles. The summed E-state index contributed by atoms with van der Waals surface area (Å²) in [5.41, 5.74) is 5.77. The van der Waals surface area contributed by atoms with Crippen LogP contribution in [0.25, 0.3) is 22.3 Å². The molecule has 0 fully saturated rings. The van der Waals surface area contributed by atoms with Gasteiger partial charge in [0.2, 0.25) is 0 Å². The van der Waals surface area contributed by atoms with E-state index in [1.165, 1.54) is 6.07 Å². The van der Waals surface area contributed by atoms with Crippen LogP contribution in [-0.4, -0.2) is 32.7 Å². The molecule has 0 aliphatic carbocycles. The van der Waals surface area contributed by atoms with E-state index in [0.29, 0.717) is 16.8 Å². The van der Waals surface area contributed by atoms with E-state index < -0.39 is 9.84 Å². The van der Waals surface area contributed by atoms with Gasteiger partial charge in [-0.3, -0.25) is 9.78 Å². The Morgan fingerprint density at radius 1 is 0.886 bits per heavy atom. The van der Waals surface area contributed by atoms with Crippen LogP contribution in [0, 0.1) is 6.92 Å². The minimum Gasteiger partial charge on any atom is -0.497 e. The molecule has 1 N–H and O–H groups in total. The van der Waals surface area contributed by atoms with Gasteiger partial charge in [0, 0.05) is 18.0 Å². The first-order valence-corrected chi connectivity index (χ1v) is 12.9. The number of benzene rings is 3. The van der Waals surface area contributed by atoms with Gasteiger partial charge in [-0.1, -0.05) is 36.4 Å². The van der Waals surface area contributed by atoms with Crippen LogP contribution in [0.2, 0.25) is 0 Å². The summed E-state index contributed by atoms with van der Waals surface area (Å²) < 4.78 is 29.2. The number of carbonyl (C=O) groups is 1. The molecule has 0 saturated heterocycles. The molecule has 4 rings (SSSR count). The minimum atomic E-state index is -3.42. The third-order valence-corrected chi connectivity index (χ3v) is 6.95. The topological polar surface area (TPSA) is 85.4 Å². The highest BCUT2D eigenvalue weighted by atomic mass is 32.2. The molecule has 0 spiro atoms. The van der Waals surface area contributed by atoms with E-state index in [-0.39, 0.29) is 17.3 Å². The fourth-order valence-corrected chi connectivity index (χ4v) is 4.82.